The molecule has 0 amide bonds. The molecule has 0 aromatic rings. The van der Waals surface area contributed by atoms with Gasteiger partial charge in [-0.1, -0.05) is 0 Å². The van der Waals surface area contributed by atoms with Crippen LogP contribution in [-0.4, -0.2) is 57.4 Å². The molecule has 3 unspecified atom stereocenters. The van der Waals surface area contributed by atoms with Crippen molar-refractivity contribution in [2.45, 2.75) is 70.6 Å². The maximum Gasteiger partial charge on any atom is 0.303 e. The normalized spacial score (nSPS) is 30.9. The third-order valence-corrected chi connectivity index (χ3v) is 8.56. The standard InChI is InChI=1S/C21H34N2O8/c22-12-19-10-9-18(11-19,5-1-14(24)25)20(6-2-15(26)27,7-3-16(28)29)21(19,13-23)8-4-17(30)31/h1-13,22-23H2,(H,24,25)(H,26,27)(H,28,29)(H,30,31). The largest absolute Gasteiger partial charge is 0.481 e. The van der Waals surface area contributed by atoms with Crippen LogP contribution in [0.15, 0.2) is 0 Å². The van der Waals surface area contributed by atoms with Gasteiger partial charge in [0.25, 0.3) is 0 Å². The quantitative estimate of drug-likeness (QED) is 0.229. The monoisotopic (exact) mass is 442 g/mol. The highest BCUT2D eigenvalue weighted by Crippen LogP contribution is 2.82. The van der Waals surface area contributed by atoms with E-state index < -0.39 is 45.5 Å². The van der Waals surface area contributed by atoms with Gasteiger partial charge in [0, 0.05) is 25.7 Å². The summed E-state index contributed by atoms with van der Waals surface area (Å²) in [6.07, 6.45) is 1.61. The van der Waals surface area contributed by atoms with Gasteiger partial charge < -0.3 is 31.9 Å². The molecule has 2 rings (SSSR count). The fraction of sp³-hybridized carbons (Fsp3) is 0.810. The van der Waals surface area contributed by atoms with E-state index in [-0.39, 0.29) is 64.5 Å². The number of hydrogen-bond donors (Lipinski definition) is 6. The van der Waals surface area contributed by atoms with E-state index in [1.54, 1.807) is 0 Å². The first kappa shape index (κ1) is 25.1. The predicted molar refractivity (Wildman–Crippen MR) is 109 cm³/mol. The van der Waals surface area contributed by atoms with Gasteiger partial charge in [-0.15, -0.1) is 0 Å². The molecule has 2 aliphatic carbocycles. The fourth-order valence-electron chi connectivity index (χ4n) is 7.42. The minimum Gasteiger partial charge on any atom is -0.481 e. The Kier molecular flexibility index (Phi) is 7.37. The van der Waals surface area contributed by atoms with E-state index in [9.17, 15) is 39.6 Å². The van der Waals surface area contributed by atoms with Gasteiger partial charge in [0.2, 0.25) is 0 Å². The van der Waals surface area contributed by atoms with E-state index in [0.717, 1.165) is 0 Å². The van der Waals surface area contributed by atoms with E-state index in [1.807, 2.05) is 0 Å². The summed E-state index contributed by atoms with van der Waals surface area (Å²) in [6.45, 7) is 0.256. The summed E-state index contributed by atoms with van der Waals surface area (Å²) in [5.74, 6) is -4.10. The molecule has 2 fully saturated rings. The lowest BCUT2D eigenvalue weighted by Gasteiger charge is -2.61. The number of carbonyl (C=O) groups is 4. The number of carboxylic acid groups (broad SMARTS) is 4. The molecule has 31 heavy (non-hydrogen) atoms. The summed E-state index contributed by atoms with van der Waals surface area (Å²) in [6, 6.07) is 0. The van der Waals surface area contributed by atoms with Crippen LogP contribution >= 0.6 is 0 Å². The van der Waals surface area contributed by atoms with Crippen LogP contribution in [0.4, 0.5) is 0 Å². The minimum atomic E-state index is -1.04. The Bertz CT molecular complexity index is 723. The van der Waals surface area contributed by atoms with Crippen LogP contribution in [0.3, 0.4) is 0 Å². The lowest BCUT2D eigenvalue weighted by atomic mass is 9.43. The maximum atomic E-state index is 11.6. The van der Waals surface area contributed by atoms with Crippen molar-refractivity contribution >= 4 is 23.9 Å². The molecule has 176 valence electrons. The average molecular weight is 443 g/mol. The molecule has 0 aromatic carbocycles. The summed E-state index contributed by atoms with van der Waals surface area (Å²) >= 11 is 0. The van der Waals surface area contributed by atoms with Crippen molar-refractivity contribution in [2.24, 2.45) is 33.1 Å². The van der Waals surface area contributed by atoms with Crippen molar-refractivity contribution in [3.05, 3.63) is 0 Å². The molecule has 2 bridgehead atoms. The molecular formula is C21H34N2O8. The van der Waals surface area contributed by atoms with E-state index in [2.05, 4.69) is 0 Å². The smallest absolute Gasteiger partial charge is 0.303 e. The van der Waals surface area contributed by atoms with Gasteiger partial charge in [-0.2, -0.15) is 0 Å². The van der Waals surface area contributed by atoms with Crippen LogP contribution in [0.5, 0.6) is 0 Å². The van der Waals surface area contributed by atoms with Gasteiger partial charge >= 0.3 is 23.9 Å². The second-order valence-electron chi connectivity index (χ2n) is 9.38. The van der Waals surface area contributed by atoms with E-state index >= 15 is 0 Å². The number of fused-ring (bicyclic) bond motifs is 2. The first-order valence-corrected chi connectivity index (χ1v) is 10.7. The molecule has 0 radical (unpaired) electrons. The van der Waals surface area contributed by atoms with Crippen LogP contribution in [0.2, 0.25) is 0 Å². The molecule has 0 heterocycles. The summed E-state index contributed by atoms with van der Waals surface area (Å²) in [5, 5.41) is 37.7. The molecule has 2 aliphatic rings. The fourth-order valence-corrected chi connectivity index (χ4v) is 7.42. The Morgan fingerprint density at radius 2 is 0.968 bits per heavy atom. The molecular weight excluding hydrogens is 408 g/mol. The lowest BCUT2D eigenvalue weighted by Crippen LogP contribution is -2.60. The van der Waals surface area contributed by atoms with Gasteiger partial charge in [0.15, 0.2) is 0 Å². The predicted octanol–water partition coefficient (Wildman–Crippen LogP) is 1.51. The number of carboxylic acids is 4. The molecule has 3 atom stereocenters. The van der Waals surface area contributed by atoms with Gasteiger partial charge in [0.05, 0.1) is 0 Å². The lowest BCUT2D eigenvalue weighted by molar-refractivity contribution is -0.156. The first-order chi connectivity index (χ1) is 14.5. The Labute approximate surface area is 181 Å². The minimum absolute atomic E-state index is 0.0472. The second kappa shape index (κ2) is 9.12. The van der Waals surface area contributed by atoms with Crippen molar-refractivity contribution < 1.29 is 39.6 Å². The van der Waals surface area contributed by atoms with Crippen molar-refractivity contribution in [1.82, 2.24) is 0 Å². The summed E-state index contributed by atoms with van der Waals surface area (Å²) in [5.41, 5.74) is 9.58. The summed E-state index contributed by atoms with van der Waals surface area (Å²) in [4.78, 5) is 46.1. The van der Waals surface area contributed by atoms with E-state index in [1.165, 1.54) is 0 Å². The Morgan fingerprint density at radius 1 is 0.581 bits per heavy atom. The van der Waals surface area contributed by atoms with Crippen LogP contribution in [-0.2, 0) is 19.2 Å². The second-order valence-corrected chi connectivity index (χ2v) is 9.38. The highest BCUT2D eigenvalue weighted by atomic mass is 16.4. The SMILES string of the molecule is NCC12CCC(CCC(=O)O)(C1)C(CCC(=O)O)(CCC(=O)O)C2(CN)CCC(=O)O. The number of hydrogen-bond acceptors (Lipinski definition) is 6. The number of rotatable bonds is 14. The highest BCUT2D eigenvalue weighted by molar-refractivity contribution is 5.69. The van der Waals surface area contributed by atoms with Crippen molar-refractivity contribution in [3.63, 3.8) is 0 Å². The number of nitrogens with two attached hydrogens (primary N) is 2. The third kappa shape index (κ3) is 4.03. The van der Waals surface area contributed by atoms with Gasteiger partial charge in [0.1, 0.15) is 0 Å². The van der Waals surface area contributed by atoms with Crippen LogP contribution < -0.4 is 11.5 Å². The zero-order chi connectivity index (χ0) is 23.5. The molecule has 10 nitrogen and oxygen atoms in total. The molecule has 8 N–H and O–H groups in total. The highest BCUT2D eigenvalue weighted by Gasteiger charge is 2.77. The average Bonchev–Trinajstić information content (AvgIpc) is 3.18. The molecule has 0 spiro atoms. The molecule has 2 saturated carbocycles. The molecule has 10 heteroatoms. The zero-order valence-electron chi connectivity index (χ0n) is 17.8. The summed E-state index contributed by atoms with van der Waals surface area (Å²) < 4.78 is 0. The maximum absolute atomic E-state index is 11.6. The van der Waals surface area contributed by atoms with Crippen molar-refractivity contribution in [1.29, 1.82) is 0 Å². The van der Waals surface area contributed by atoms with E-state index in [0.29, 0.717) is 19.3 Å². The summed E-state index contributed by atoms with van der Waals surface area (Å²) in [7, 11) is 0. The Balaban J connectivity index is 2.73. The Morgan fingerprint density at radius 3 is 1.35 bits per heavy atom. The van der Waals surface area contributed by atoms with Crippen molar-refractivity contribution in [3.8, 4) is 0 Å². The molecule has 0 saturated heterocycles. The van der Waals surface area contributed by atoms with Crippen molar-refractivity contribution in [2.75, 3.05) is 13.1 Å². The third-order valence-electron chi connectivity index (χ3n) is 8.56. The van der Waals surface area contributed by atoms with Gasteiger partial charge in [-0.05, 0) is 79.7 Å². The van der Waals surface area contributed by atoms with Crippen LogP contribution in [0, 0.1) is 21.7 Å². The van der Waals surface area contributed by atoms with Gasteiger partial charge in [-0.25, -0.2) is 0 Å². The Hall–Kier alpha value is -2.20. The number of aliphatic carboxylic acids is 4. The van der Waals surface area contributed by atoms with Gasteiger partial charge in [-0.3, -0.25) is 19.2 Å². The molecule has 0 aromatic heterocycles. The van der Waals surface area contributed by atoms with E-state index in [4.69, 9.17) is 11.5 Å². The van der Waals surface area contributed by atoms with Crippen LogP contribution in [0.25, 0.3) is 0 Å². The zero-order valence-corrected chi connectivity index (χ0v) is 17.8. The van der Waals surface area contributed by atoms with Crippen LogP contribution in [0.1, 0.15) is 70.6 Å². The molecule has 0 aliphatic heterocycles. The first-order valence-electron chi connectivity index (χ1n) is 10.7. The topological polar surface area (TPSA) is 201 Å².